The zero-order chi connectivity index (χ0) is 15.6. The first-order valence-electron chi connectivity index (χ1n) is 7.27. The lowest BCUT2D eigenvalue weighted by Crippen LogP contribution is -2.30. The molecule has 2 unspecified atom stereocenters. The van der Waals surface area contributed by atoms with E-state index >= 15 is 0 Å². The highest BCUT2D eigenvalue weighted by Crippen LogP contribution is 2.36. The molecule has 6 heteroatoms. The molecule has 1 N–H and O–H groups in total. The summed E-state index contributed by atoms with van der Waals surface area (Å²) in [7, 11) is 0. The number of aliphatic carboxylic acids is 1. The Morgan fingerprint density at radius 1 is 1.43 bits per heavy atom. The number of carboxylic acids is 1. The van der Waals surface area contributed by atoms with Crippen LogP contribution in [0.5, 0.6) is 0 Å². The Hall–Kier alpha value is -1.30. The molecule has 116 valence electrons. The maximum atomic E-state index is 12.3. The molecule has 5 nitrogen and oxygen atoms in total. The van der Waals surface area contributed by atoms with Crippen molar-refractivity contribution in [3.8, 4) is 0 Å². The number of carboxylic acid groups (broad SMARTS) is 1. The Morgan fingerprint density at radius 2 is 2.14 bits per heavy atom. The predicted molar refractivity (Wildman–Crippen MR) is 84.1 cm³/mol. The van der Waals surface area contributed by atoms with Crippen LogP contribution < -0.4 is 5.69 Å². The predicted octanol–water partition coefficient (Wildman–Crippen LogP) is 2.33. The fraction of sp³-hybridized carbons (Fsp3) is 0.667. The van der Waals surface area contributed by atoms with Gasteiger partial charge in [0, 0.05) is 29.1 Å². The van der Waals surface area contributed by atoms with Crippen LogP contribution in [0, 0.1) is 13.8 Å². The number of nitrogens with zero attached hydrogens (tertiary/aromatic N) is 2. The number of aryl methyl sites for hydroxylation is 1. The third-order valence-corrected chi connectivity index (χ3v) is 5.44. The van der Waals surface area contributed by atoms with Gasteiger partial charge >= 0.3 is 11.7 Å². The number of aromatic nitrogens is 2. The van der Waals surface area contributed by atoms with Gasteiger partial charge in [0.15, 0.2) is 0 Å². The van der Waals surface area contributed by atoms with Gasteiger partial charge in [-0.25, -0.2) is 4.79 Å². The highest BCUT2D eigenvalue weighted by atomic mass is 32.2. The van der Waals surface area contributed by atoms with Crippen molar-refractivity contribution < 1.29 is 9.90 Å². The van der Waals surface area contributed by atoms with E-state index < -0.39 is 5.97 Å². The van der Waals surface area contributed by atoms with Crippen LogP contribution in [0.3, 0.4) is 0 Å². The first-order valence-corrected chi connectivity index (χ1v) is 8.56. The molecule has 0 amide bonds. The van der Waals surface area contributed by atoms with Gasteiger partial charge < -0.3 is 5.11 Å². The van der Waals surface area contributed by atoms with Crippen LogP contribution in [0.25, 0.3) is 0 Å². The molecule has 0 spiro atoms. The average Bonchev–Trinajstić information content (AvgIpc) is 2.86. The van der Waals surface area contributed by atoms with Crippen molar-refractivity contribution in [2.24, 2.45) is 0 Å². The number of hydrogen-bond acceptors (Lipinski definition) is 4. The first-order chi connectivity index (χ1) is 9.93. The van der Waals surface area contributed by atoms with Crippen molar-refractivity contribution in [2.45, 2.75) is 57.2 Å². The SMILES string of the molecule is CSC1CCC(n2c(C)c(CCC(=O)O)c(C)nc2=O)C1. The first kappa shape index (κ1) is 16.1. The van der Waals surface area contributed by atoms with Gasteiger partial charge in [0.25, 0.3) is 0 Å². The molecule has 0 radical (unpaired) electrons. The van der Waals surface area contributed by atoms with E-state index in [1.165, 1.54) is 0 Å². The normalized spacial score (nSPS) is 21.7. The monoisotopic (exact) mass is 310 g/mol. The van der Waals surface area contributed by atoms with E-state index in [2.05, 4.69) is 11.2 Å². The van der Waals surface area contributed by atoms with E-state index in [-0.39, 0.29) is 18.2 Å². The zero-order valence-electron chi connectivity index (χ0n) is 12.8. The van der Waals surface area contributed by atoms with Gasteiger partial charge in [-0.15, -0.1) is 0 Å². The Labute approximate surface area is 128 Å². The van der Waals surface area contributed by atoms with Crippen LogP contribution in [0.4, 0.5) is 0 Å². The molecule has 21 heavy (non-hydrogen) atoms. The molecule has 0 saturated heterocycles. The van der Waals surface area contributed by atoms with Gasteiger partial charge in [-0.1, -0.05) is 0 Å². The number of thioether (sulfide) groups is 1. The second-order valence-corrected chi connectivity index (χ2v) is 6.77. The van der Waals surface area contributed by atoms with Gasteiger partial charge in [-0.2, -0.15) is 16.7 Å². The topological polar surface area (TPSA) is 72.2 Å². The van der Waals surface area contributed by atoms with Gasteiger partial charge in [0.1, 0.15) is 0 Å². The minimum atomic E-state index is -0.824. The van der Waals surface area contributed by atoms with E-state index in [1.807, 2.05) is 18.7 Å². The molecular formula is C15H22N2O3S. The maximum Gasteiger partial charge on any atom is 0.348 e. The standard InChI is InChI=1S/C15H22N2O3S/c1-9-13(6-7-14(18)19)10(2)17(15(20)16-9)11-4-5-12(8-11)21-3/h11-12H,4-8H2,1-3H3,(H,18,19). The fourth-order valence-corrected chi connectivity index (χ4v) is 3.99. The Balaban J connectivity index is 2.35. The number of hydrogen-bond donors (Lipinski definition) is 1. The summed E-state index contributed by atoms with van der Waals surface area (Å²) in [5, 5.41) is 9.47. The van der Waals surface area contributed by atoms with Crippen LogP contribution in [-0.2, 0) is 11.2 Å². The molecule has 0 aliphatic heterocycles. The average molecular weight is 310 g/mol. The third-order valence-electron chi connectivity index (χ3n) is 4.35. The van der Waals surface area contributed by atoms with Crippen molar-refractivity contribution in [2.75, 3.05) is 6.26 Å². The molecule has 2 rings (SSSR count). The molecule has 1 aromatic heterocycles. The maximum absolute atomic E-state index is 12.3. The van der Waals surface area contributed by atoms with Crippen LogP contribution >= 0.6 is 11.8 Å². The minimum absolute atomic E-state index is 0.0691. The molecule has 0 aromatic carbocycles. The molecule has 1 aromatic rings. The Morgan fingerprint density at radius 3 is 2.71 bits per heavy atom. The van der Waals surface area contributed by atoms with Crippen LogP contribution in [-0.4, -0.2) is 32.1 Å². The highest BCUT2D eigenvalue weighted by Gasteiger charge is 2.28. The highest BCUT2D eigenvalue weighted by molar-refractivity contribution is 7.99. The summed E-state index contributed by atoms with van der Waals surface area (Å²) in [6.45, 7) is 3.70. The van der Waals surface area contributed by atoms with Crippen LogP contribution in [0.15, 0.2) is 4.79 Å². The summed E-state index contributed by atoms with van der Waals surface area (Å²) in [6, 6.07) is 0.201. The summed E-state index contributed by atoms with van der Waals surface area (Å²) in [5.41, 5.74) is 2.26. The summed E-state index contributed by atoms with van der Waals surface area (Å²) in [6.07, 6.45) is 5.71. The molecule has 1 heterocycles. The van der Waals surface area contributed by atoms with Crippen LogP contribution in [0.1, 0.15) is 48.7 Å². The van der Waals surface area contributed by atoms with Crippen molar-refractivity contribution in [3.63, 3.8) is 0 Å². The van der Waals surface area contributed by atoms with E-state index in [0.717, 1.165) is 30.5 Å². The fourth-order valence-electron chi connectivity index (χ4n) is 3.21. The van der Waals surface area contributed by atoms with Gasteiger partial charge in [0.2, 0.25) is 0 Å². The van der Waals surface area contributed by atoms with Gasteiger partial charge in [-0.05, 0) is 51.3 Å². The number of rotatable bonds is 5. The van der Waals surface area contributed by atoms with Gasteiger partial charge in [-0.3, -0.25) is 9.36 Å². The molecule has 1 fully saturated rings. The lowest BCUT2D eigenvalue weighted by molar-refractivity contribution is -0.136. The summed E-state index contributed by atoms with van der Waals surface area (Å²) < 4.78 is 1.79. The lowest BCUT2D eigenvalue weighted by Gasteiger charge is -2.20. The third kappa shape index (κ3) is 3.48. The molecule has 0 bridgehead atoms. The zero-order valence-corrected chi connectivity index (χ0v) is 13.6. The second kappa shape index (κ2) is 6.64. The van der Waals surface area contributed by atoms with E-state index in [4.69, 9.17) is 5.11 Å². The molecular weight excluding hydrogens is 288 g/mol. The van der Waals surface area contributed by atoms with E-state index in [9.17, 15) is 9.59 Å². The summed E-state index contributed by atoms with van der Waals surface area (Å²) in [5.74, 6) is -0.824. The molecule has 1 aliphatic rings. The van der Waals surface area contributed by atoms with Gasteiger partial charge in [0.05, 0.1) is 0 Å². The summed E-state index contributed by atoms with van der Waals surface area (Å²) in [4.78, 5) is 27.2. The second-order valence-electron chi connectivity index (χ2n) is 5.63. The molecule has 2 atom stereocenters. The Kier molecular flexibility index (Phi) is 5.08. The van der Waals surface area contributed by atoms with Crippen molar-refractivity contribution in [3.05, 3.63) is 27.4 Å². The van der Waals surface area contributed by atoms with E-state index in [1.54, 1.807) is 11.5 Å². The Bertz CT molecular complexity index is 597. The quantitative estimate of drug-likeness (QED) is 0.903. The summed E-state index contributed by atoms with van der Waals surface area (Å²) >= 11 is 1.85. The van der Waals surface area contributed by atoms with Crippen LogP contribution in [0.2, 0.25) is 0 Å². The largest absolute Gasteiger partial charge is 0.481 e. The van der Waals surface area contributed by atoms with Crippen molar-refractivity contribution >= 4 is 17.7 Å². The lowest BCUT2D eigenvalue weighted by atomic mass is 10.1. The molecule has 1 aliphatic carbocycles. The van der Waals surface area contributed by atoms with Crippen molar-refractivity contribution in [1.29, 1.82) is 0 Å². The van der Waals surface area contributed by atoms with Crippen molar-refractivity contribution in [1.82, 2.24) is 9.55 Å². The smallest absolute Gasteiger partial charge is 0.348 e. The minimum Gasteiger partial charge on any atom is -0.481 e. The number of carbonyl (C=O) groups is 1. The van der Waals surface area contributed by atoms with E-state index in [0.29, 0.717) is 17.4 Å². The molecule has 1 saturated carbocycles.